The first-order valence-electron chi connectivity index (χ1n) is 6.44. The number of carbonyl (C=O) groups excluding carboxylic acids is 2. The smallest absolute Gasteiger partial charge is 0.342 e. The van der Waals surface area contributed by atoms with E-state index in [-0.39, 0.29) is 11.6 Å². The van der Waals surface area contributed by atoms with Crippen LogP contribution in [0.2, 0.25) is 4.47 Å². The number of carbonyl (C=O) groups is 2. The van der Waals surface area contributed by atoms with Crippen molar-refractivity contribution in [2.75, 3.05) is 7.11 Å². The van der Waals surface area contributed by atoms with Crippen LogP contribution in [-0.4, -0.2) is 27.7 Å². The van der Waals surface area contributed by atoms with Crippen LogP contribution >= 0.6 is 34.5 Å². The fraction of sp³-hybridized carbons (Fsp3) is 0.143. The second-order valence-electron chi connectivity index (χ2n) is 4.56. The molecule has 9 heteroatoms. The third-order valence-corrected chi connectivity index (χ3v) is 4.50. The number of rotatable bonds is 5. The molecule has 0 fully saturated rings. The number of hydrogen-bond donors (Lipinski definition) is 0. The minimum atomic E-state index is -1.07. The maximum atomic E-state index is 12.3. The van der Waals surface area contributed by atoms with Gasteiger partial charge in [0.25, 0.3) is 22.4 Å². The number of fused-ring (bicyclic) bond motifs is 1. The van der Waals surface area contributed by atoms with Crippen molar-refractivity contribution < 1.29 is 18.7 Å². The molecule has 0 aliphatic rings. The summed E-state index contributed by atoms with van der Waals surface area (Å²) in [6, 6.07) is 5.42. The van der Waals surface area contributed by atoms with Crippen LogP contribution in [-0.2, 0) is 11.3 Å². The maximum Gasteiger partial charge on any atom is 0.342 e. The third kappa shape index (κ3) is 2.83. The number of aromatic nitrogens is 3. The van der Waals surface area contributed by atoms with E-state index in [4.69, 9.17) is 27.9 Å². The van der Waals surface area contributed by atoms with Crippen LogP contribution in [0.15, 0.2) is 30.6 Å². The zero-order chi connectivity index (χ0) is 16.6. The van der Waals surface area contributed by atoms with E-state index in [0.29, 0.717) is 16.7 Å². The van der Waals surface area contributed by atoms with E-state index in [2.05, 4.69) is 4.98 Å². The van der Waals surface area contributed by atoms with Crippen molar-refractivity contribution in [2.24, 2.45) is 0 Å². The SMILES string of the molecule is COc1c(C(=O)C(=O)Cl)n(Cc2cnc(Cl)s2)c2cccc[n+]12. The van der Waals surface area contributed by atoms with Gasteiger partial charge in [0.05, 0.1) is 18.2 Å². The number of nitrogens with zero attached hydrogens (tertiary/aromatic N) is 3. The molecule has 0 saturated carbocycles. The number of Topliss-reactive ketones (excluding diaryl/α,β-unsaturated/α-hetero) is 1. The van der Waals surface area contributed by atoms with Crippen LogP contribution in [0.25, 0.3) is 5.65 Å². The van der Waals surface area contributed by atoms with Gasteiger partial charge in [0.2, 0.25) is 0 Å². The van der Waals surface area contributed by atoms with E-state index in [9.17, 15) is 9.59 Å². The number of halogens is 2. The van der Waals surface area contributed by atoms with Crippen LogP contribution in [0.1, 0.15) is 15.4 Å². The molecule has 0 aromatic carbocycles. The van der Waals surface area contributed by atoms with Gasteiger partial charge in [-0.2, -0.15) is 4.40 Å². The highest BCUT2D eigenvalue weighted by atomic mass is 35.5. The lowest BCUT2D eigenvalue weighted by atomic mass is 10.3. The average molecular weight is 371 g/mol. The van der Waals surface area contributed by atoms with Crippen LogP contribution < -0.4 is 9.14 Å². The summed E-state index contributed by atoms with van der Waals surface area (Å²) in [5.74, 6) is -0.585. The van der Waals surface area contributed by atoms with Crippen molar-refractivity contribution in [3.05, 3.63) is 45.6 Å². The molecule has 3 aromatic heterocycles. The molecule has 6 nitrogen and oxygen atoms in total. The van der Waals surface area contributed by atoms with E-state index in [1.54, 1.807) is 33.5 Å². The van der Waals surface area contributed by atoms with Crippen LogP contribution in [0.4, 0.5) is 0 Å². The molecule has 3 aromatic rings. The molecule has 0 N–H and O–H groups in total. The molecule has 3 rings (SSSR count). The lowest BCUT2D eigenvalue weighted by molar-refractivity contribution is -0.520. The lowest BCUT2D eigenvalue weighted by Crippen LogP contribution is -2.21. The minimum Gasteiger partial charge on any atom is -0.462 e. The van der Waals surface area contributed by atoms with E-state index >= 15 is 0 Å². The Morgan fingerprint density at radius 3 is 2.83 bits per heavy atom. The van der Waals surface area contributed by atoms with Crippen LogP contribution in [0.5, 0.6) is 5.88 Å². The molecule has 0 bridgehead atoms. The number of ketones is 1. The molecule has 0 aliphatic heterocycles. The molecule has 0 radical (unpaired) electrons. The van der Waals surface area contributed by atoms with Crippen molar-refractivity contribution in [2.45, 2.75) is 6.54 Å². The monoisotopic (exact) mass is 370 g/mol. The zero-order valence-electron chi connectivity index (χ0n) is 11.8. The molecule has 23 heavy (non-hydrogen) atoms. The quantitative estimate of drug-likeness (QED) is 0.299. The Balaban J connectivity index is 2.26. The number of thiazole rings is 1. The first kappa shape index (κ1) is 15.9. The van der Waals surface area contributed by atoms with Crippen molar-refractivity contribution in [3.63, 3.8) is 0 Å². The summed E-state index contributed by atoms with van der Waals surface area (Å²) >= 11 is 12.5. The van der Waals surface area contributed by atoms with E-state index in [1.165, 1.54) is 18.4 Å². The number of imidazole rings is 1. The maximum absolute atomic E-state index is 12.3. The average Bonchev–Trinajstić information content (AvgIpc) is 3.08. The van der Waals surface area contributed by atoms with Crippen molar-refractivity contribution in [3.8, 4) is 5.88 Å². The third-order valence-electron chi connectivity index (χ3n) is 3.23. The highest BCUT2D eigenvalue weighted by Gasteiger charge is 2.35. The summed E-state index contributed by atoms with van der Waals surface area (Å²) < 4.78 is 9.06. The Labute approximate surface area is 144 Å². The first-order chi connectivity index (χ1) is 11.0. The summed E-state index contributed by atoms with van der Waals surface area (Å²) in [6.45, 7) is 0.312. The van der Waals surface area contributed by atoms with Gasteiger partial charge in [0.15, 0.2) is 4.47 Å². The van der Waals surface area contributed by atoms with Gasteiger partial charge in [-0.1, -0.05) is 17.7 Å². The molecule has 0 atom stereocenters. The number of hydrogen-bond acceptors (Lipinski definition) is 5. The highest BCUT2D eigenvalue weighted by Crippen LogP contribution is 2.24. The predicted molar refractivity (Wildman–Crippen MR) is 85.6 cm³/mol. The molecule has 3 heterocycles. The highest BCUT2D eigenvalue weighted by molar-refractivity contribution is 7.15. The molecule has 118 valence electrons. The van der Waals surface area contributed by atoms with Gasteiger partial charge in [-0.15, -0.1) is 11.3 Å². The molecule has 0 aliphatic carbocycles. The molecule has 0 amide bonds. The first-order valence-corrected chi connectivity index (χ1v) is 8.01. The van der Waals surface area contributed by atoms with Gasteiger partial charge in [-0.3, -0.25) is 9.59 Å². The Kier molecular flexibility index (Phi) is 4.34. The predicted octanol–water partition coefficient (Wildman–Crippen LogP) is 2.34. The van der Waals surface area contributed by atoms with Crippen molar-refractivity contribution in [1.29, 1.82) is 0 Å². The summed E-state index contributed by atoms with van der Waals surface area (Å²) in [5.41, 5.74) is 0.762. The zero-order valence-corrected chi connectivity index (χ0v) is 14.2. The molecule has 0 unspecified atom stereocenters. The minimum absolute atomic E-state index is 0.0863. The van der Waals surface area contributed by atoms with Gasteiger partial charge in [0, 0.05) is 12.3 Å². The van der Waals surface area contributed by atoms with Crippen molar-refractivity contribution >= 4 is 51.2 Å². The van der Waals surface area contributed by atoms with Crippen molar-refractivity contribution in [1.82, 2.24) is 9.55 Å². The summed E-state index contributed by atoms with van der Waals surface area (Å²) in [5, 5.41) is -1.07. The second-order valence-corrected chi connectivity index (χ2v) is 6.60. The lowest BCUT2D eigenvalue weighted by Gasteiger charge is -1.99. The largest absolute Gasteiger partial charge is 0.462 e. The fourth-order valence-electron chi connectivity index (χ4n) is 2.35. The molecule has 0 spiro atoms. The number of methoxy groups -OCH3 is 1. The summed E-state index contributed by atoms with van der Waals surface area (Å²) in [6.07, 6.45) is 3.36. The standard InChI is InChI=1S/C14H10Cl2N3O3S/c1-22-13-10(11(20)12(15)21)19(7-8-6-17-14(16)23-8)9-4-2-3-5-18(9)13/h2-6H,7H2,1H3/q+1. The topological polar surface area (TPSA) is 65.3 Å². The Hall–Kier alpha value is -1.96. The van der Waals surface area contributed by atoms with Gasteiger partial charge < -0.3 is 4.74 Å². The second kappa shape index (κ2) is 6.27. The molecule has 0 saturated heterocycles. The van der Waals surface area contributed by atoms with Gasteiger partial charge in [-0.25, -0.2) is 9.55 Å². The van der Waals surface area contributed by atoms with Crippen LogP contribution in [0, 0.1) is 0 Å². The fourth-order valence-corrected chi connectivity index (χ4v) is 3.41. The summed E-state index contributed by atoms with van der Waals surface area (Å²) in [4.78, 5) is 28.5. The normalized spacial score (nSPS) is 10.9. The van der Waals surface area contributed by atoms with Gasteiger partial charge in [0.1, 0.15) is 6.54 Å². The molecular formula is C14H10Cl2N3O3S+. The van der Waals surface area contributed by atoms with Crippen LogP contribution in [0.3, 0.4) is 0 Å². The summed E-state index contributed by atoms with van der Waals surface area (Å²) in [7, 11) is 1.43. The molecular weight excluding hydrogens is 361 g/mol. The van der Waals surface area contributed by atoms with E-state index in [0.717, 1.165) is 4.88 Å². The number of pyridine rings is 1. The Morgan fingerprint density at radius 1 is 1.43 bits per heavy atom. The van der Waals surface area contributed by atoms with Gasteiger partial charge >= 0.3 is 5.88 Å². The Morgan fingerprint density at radius 2 is 2.22 bits per heavy atom. The Bertz CT molecular complexity index is 919. The van der Waals surface area contributed by atoms with E-state index < -0.39 is 11.0 Å². The number of ether oxygens (including phenoxy) is 1. The van der Waals surface area contributed by atoms with E-state index in [1.807, 2.05) is 6.07 Å². The van der Waals surface area contributed by atoms with Gasteiger partial charge in [-0.05, 0) is 17.7 Å².